The Kier molecular flexibility index (Phi) is 4.47. The van der Waals surface area contributed by atoms with Gasteiger partial charge in [-0.25, -0.2) is 0 Å². The van der Waals surface area contributed by atoms with E-state index in [0.717, 1.165) is 0 Å². The third-order valence-electron chi connectivity index (χ3n) is 2.86. The van der Waals surface area contributed by atoms with Gasteiger partial charge in [-0.15, -0.1) is 0 Å². The summed E-state index contributed by atoms with van der Waals surface area (Å²) in [5.74, 6) is -0.261. The summed E-state index contributed by atoms with van der Waals surface area (Å²) in [5, 5.41) is 3.60. The molecule has 2 aromatic rings. The van der Waals surface area contributed by atoms with Gasteiger partial charge in [0.2, 0.25) is 5.91 Å². The SMILES string of the molecule is CC(C(=O)Nc1cc(Cl)cc(Cl)c1)n1cccc1C=O. The molecule has 1 aromatic heterocycles. The van der Waals surface area contributed by atoms with Crippen LogP contribution in [0.5, 0.6) is 0 Å². The molecule has 0 saturated heterocycles. The normalized spacial score (nSPS) is 11.9. The Hall–Kier alpha value is -1.78. The molecule has 1 amide bonds. The lowest BCUT2D eigenvalue weighted by molar-refractivity contribution is -0.118. The van der Waals surface area contributed by atoms with Crippen molar-refractivity contribution in [2.75, 3.05) is 5.32 Å². The van der Waals surface area contributed by atoms with Crippen LogP contribution in [0.1, 0.15) is 23.5 Å². The molecule has 1 N–H and O–H groups in total. The lowest BCUT2D eigenvalue weighted by Crippen LogP contribution is -2.24. The summed E-state index contributed by atoms with van der Waals surface area (Å²) in [6, 6.07) is 7.63. The average molecular weight is 311 g/mol. The van der Waals surface area contributed by atoms with E-state index in [4.69, 9.17) is 23.2 Å². The summed E-state index contributed by atoms with van der Waals surface area (Å²) in [7, 11) is 0. The molecule has 1 atom stereocenters. The van der Waals surface area contributed by atoms with Gasteiger partial charge in [0.1, 0.15) is 6.04 Å². The maximum atomic E-state index is 12.2. The van der Waals surface area contributed by atoms with Crippen molar-refractivity contribution in [2.45, 2.75) is 13.0 Å². The number of halogens is 2. The number of nitrogens with zero attached hydrogens (tertiary/aromatic N) is 1. The smallest absolute Gasteiger partial charge is 0.247 e. The van der Waals surface area contributed by atoms with E-state index in [1.54, 1.807) is 48.0 Å². The summed E-state index contributed by atoms with van der Waals surface area (Å²) in [4.78, 5) is 23.0. The van der Waals surface area contributed by atoms with Crippen molar-refractivity contribution in [1.29, 1.82) is 0 Å². The zero-order valence-electron chi connectivity index (χ0n) is 10.6. The predicted molar refractivity (Wildman–Crippen MR) is 79.6 cm³/mol. The Bertz CT molecular complexity index is 632. The molecule has 2 rings (SSSR count). The average Bonchev–Trinajstić information content (AvgIpc) is 2.84. The quantitative estimate of drug-likeness (QED) is 0.873. The number of aldehydes is 1. The van der Waals surface area contributed by atoms with Crippen LogP contribution in [-0.4, -0.2) is 16.8 Å². The minimum atomic E-state index is -0.525. The molecule has 4 nitrogen and oxygen atoms in total. The maximum absolute atomic E-state index is 12.2. The zero-order valence-corrected chi connectivity index (χ0v) is 12.2. The fourth-order valence-electron chi connectivity index (χ4n) is 1.86. The highest BCUT2D eigenvalue weighted by atomic mass is 35.5. The van der Waals surface area contributed by atoms with Gasteiger partial charge in [0, 0.05) is 21.9 Å². The van der Waals surface area contributed by atoms with E-state index < -0.39 is 6.04 Å². The van der Waals surface area contributed by atoms with Crippen molar-refractivity contribution < 1.29 is 9.59 Å². The third-order valence-corrected chi connectivity index (χ3v) is 3.30. The molecule has 0 spiro atoms. The van der Waals surface area contributed by atoms with Crippen molar-refractivity contribution in [2.24, 2.45) is 0 Å². The van der Waals surface area contributed by atoms with E-state index >= 15 is 0 Å². The summed E-state index contributed by atoms with van der Waals surface area (Å²) in [5.41, 5.74) is 0.955. The van der Waals surface area contributed by atoms with Crippen LogP contribution in [0.3, 0.4) is 0 Å². The minimum absolute atomic E-state index is 0.261. The zero-order chi connectivity index (χ0) is 14.7. The van der Waals surface area contributed by atoms with E-state index in [1.165, 1.54) is 0 Å². The number of hydrogen-bond donors (Lipinski definition) is 1. The third kappa shape index (κ3) is 3.21. The van der Waals surface area contributed by atoms with Crippen LogP contribution in [0.4, 0.5) is 5.69 Å². The molecule has 0 radical (unpaired) electrons. The molecule has 1 aromatic carbocycles. The maximum Gasteiger partial charge on any atom is 0.247 e. The van der Waals surface area contributed by atoms with Crippen LogP contribution >= 0.6 is 23.2 Å². The van der Waals surface area contributed by atoms with E-state index in [1.807, 2.05) is 0 Å². The molecule has 0 aliphatic carbocycles. The van der Waals surface area contributed by atoms with Crippen molar-refractivity contribution in [3.63, 3.8) is 0 Å². The fraction of sp³-hybridized carbons (Fsp3) is 0.143. The molecule has 0 aliphatic rings. The largest absolute Gasteiger partial charge is 0.333 e. The number of carbonyl (C=O) groups is 2. The molecule has 0 aliphatic heterocycles. The van der Waals surface area contributed by atoms with Gasteiger partial charge in [-0.05, 0) is 37.3 Å². The molecule has 0 saturated carbocycles. The molecular weight excluding hydrogens is 299 g/mol. The monoisotopic (exact) mass is 310 g/mol. The summed E-state index contributed by atoms with van der Waals surface area (Å²) >= 11 is 11.7. The first kappa shape index (κ1) is 14.6. The number of carbonyl (C=O) groups excluding carboxylic acids is 2. The topological polar surface area (TPSA) is 51.1 Å². The van der Waals surface area contributed by atoms with Gasteiger partial charge >= 0.3 is 0 Å². The van der Waals surface area contributed by atoms with Crippen LogP contribution in [0.25, 0.3) is 0 Å². The number of rotatable bonds is 4. The van der Waals surface area contributed by atoms with Crippen LogP contribution < -0.4 is 5.32 Å². The van der Waals surface area contributed by atoms with E-state index in [2.05, 4.69) is 5.32 Å². The van der Waals surface area contributed by atoms with Crippen LogP contribution in [-0.2, 0) is 4.79 Å². The molecule has 0 bridgehead atoms. The summed E-state index contributed by atoms with van der Waals surface area (Å²) in [6.07, 6.45) is 2.39. The number of nitrogens with one attached hydrogen (secondary N) is 1. The van der Waals surface area contributed by atoms with E-state index in [-0.39, 0.29) is 5.91 Å². The molecule has 1 heterocycles. The van der Waals surface area contributed by atoms with Crippen LogP contribution in [0, 0.1) is 0 Å². The highest BCUT2D eigenvalue weighted by Crippen LogP contribution is 2.23. The van der Waals surface area contributed by atoms with Gasteiger partial charge in [0.25, 0.3) is 0 Å². The second kappa shape index (κ2) is 6.11. The van der Waals surface area contributed by atoms with Crippen molar-refractivity contribution >= 4 is 41.1 Å². The van der Waals surface area contributed by atoms with Gasteiger partial charge in [-0.3, -0.25) is 9.59 Å². The van der Waals surface area contributed by atoms with E-state index in [9.17, 15) is 9.59 Å². The first-order chi connectivity index (χ1) is 9.51. The van der Waals surface area contributed by atoms with Crippen molar-refractivity contribution in [3.8, 4) is 0 Å². The minimum Gasteiger partial charge on any atom is -0.333 e. The molecule has 1 unspecified atom stereocenters. The molecule has 20 heavy (non-hydrogen) atoms. The summed E-state index contributed by atoms with van der Waals surface area (Å²) in [6.45, 7) is 1.70. The molecule has 104 valence electrons. The first-order valence-corrected chi connectivity index (χ1v) is 6.66. The molecule has 0 fully saturated rings. The highest BCUT2D eigenvalue weighted by molar-refractivity contribution is 6.35. The second-order valence-electron chi connectivity index (χ2n) is 4.28. The van der Waals surface area contributed by atoms with Crippen LogP contribution in [0.15, 0.2) is 36.5 Å². The van der Waals surface area contributed by atoms with Crippen molar-refractivity contribution in [1.82, 2.24) is 4.57 Å². The second-order valence-corrected chi connectivity index (χ2v) is 5.15. The number of benzene rings is 1. The fourth-order valence-corrected chi connectivity index (χ4v) is 2.38. The summed E-state index contributed by atoms with van der Waals surface area (Å²) < 4.78 is 1.59. The Morgan fingerprint density at radius 3 is 2.55 bits per heavy atom. The van der Waals surface area contributed by atoms with Gasteiger partial charge in [0.15, 0.2) is 6.29 Å². The Balaban J connectivity index is 2.17. The van der Waals surface area contributed by atoms with Gasteiger partial charge < -0.3 is 9.88 Å². The number of aromatic nitrogens is 1. The Morgan fingerprint density at radius 1 is 1.30 bits per heavy atom. The number of hydrogen-bond acceptors (Lipinski definition) is 2. The van der Waals surface area contributed by atoms with Crippen molar-refractivity contribution in [3.05, 3.63) is 52.3 Å². The molecular formula is C14H12Cl2N2O2. The highest BCUT2D eigenvalue weighted by Gasteiger charge is 2.17. The van der Waals surface area contributed by atoms with Gasteiger partial charge in [0.05, 0.1) is 5.69 Å². The number of amides is 1. The Labute approximate surface area is 126 Å². The van der Waals surface area contributed by atoms with Gasteiger partial charge in [-0.1, -0.05) is 23.2 Å². The van der Waals surface area contributed by atoms with E-state index in [0.29, 0.717) is 27.7 Å². The van der Waals surface area contributed by atoms with Gasteiger partial charge in [-0.2, -0.15) is 0 Å². The molecule has 6 heteroatoms. The number of anilines is 1. The predicted octanol–water partition coefficient (Wildman–Crippen LogP) is 3.81. The lowest BCUT2D eigenvalue weighted by atomic mass is 10.2. The first-order valence-electron chi connectivity index (χ1n) is 5.90. The lowest BCUT2D eigenvalue weighted by Gasteiger charge is -2.15. The standard InChI is InChI=1S/C14H12Cl2N2O2/c1-9(18-4-2-3-13(18)8-19)14(20)17-12-6-10(15)5-11(16)7-12/h2-9H,1H3,(H,17,20). The van der Waals surface area contributed by atoms with Crippen LogP contribution in [0.2, 0.25) is 10.0 Å². The Morgan fingerprint density at radius 2 is 1.95 bits per heavy atom.